The predicted molar refractivity (Wildman–Crippen MR) is 93.0 cm³/mol. The Labute approximate surface area is 142 Å². The average Bonchev–Trinajstić information content (AvgIpc) is 3.13. The highest BCUT2D eigenvalue weighted by atomic mass is 16.2. The Morgan fingerprint density at radius 3 is 2.83 bits per heavy atom. The molecular formula is C18H25N5O. The van der Waals surface area contributed by atoms with Gasteiger partial charge in [-0.2, -0.15) is 0 Å². The SMILES string of the molecule is CC(CCNC(=O)c1cn(C2CCNCC2)nn1)c1ccccc1. The molecule has 1 unspecified atom stereocenters. The van der Waals surface area contributed by atoms with Gasteiger partial charge in [-0.05, 0) is 43.8 Å². The van der Waals surface area contributed by atoms with Crippen LogP contribution >= 0.6 is 0 Å². The van der Waals surface area contributed by atoms with Crippen molar-refractivity contribution in [2.45, 2.75) is 38.1 Å². The summed E-state index contributed by atoms with van der Waals surface area (Å²) in [6, 6.07) is 10.7. The van der Waals surface area contributed by atoms with Crippen LogP contribution in [0.5, 0.6) is 0 Å². The fraction of sp³-hybridized carbons (Fsp3) is 0.500. The molecule has 1 aromatic heterocycles. The topological polar surface area (TPSA) is 71.8 Å². The van der Waals surface area contributed by atoms with E-state index < -0.39 is 0 Å². The molecule has 1 amide bonds. The molecule has 6 nitrogen and oxygen atoms in total. The summed E-state index contributed by atoms with van der Waals surface area (Å²) in [5.74, 6) is 0.271. The van der Waals surface area contributed by atoms with Crippen molar-refractivity contribution in [2.24, 2.45) is 0 Å². The van der Waals surface area contributed by atoms with Crippen molar-refractivity contribution in [3.63, 3.8) is 0 Å². The van der Waals surface area contributed by atoms with Crippen molar-refractivity contribution >= 4 is 5.91 Å². The summed E-state index contributed by atoms with van der Waals surface area (Å²) in [4.78, 5) is 12.2. The molecule has 0 spiro atoms. The van der Waals surface area contributed by atoms with Crippen molar-refractivity contribution in [3.05, 3.63) is 47.8 Å². The highest BCUT2D eigenvalue weighted by Gasteiger charge is 2.18. The van der Waals surface area contributed by atoms with E-state index in [1.54, 1.807) is 6.20 Å². The number of hydrogen-bond donors (Lipinski definition) is 2. The van der Waals surface area contributed by atoms with E-state index in [0.29, 0.717) is 24.2 Å². The van der Waals surface area contributed by atoms with Gasteiger partial charge in [0.1, 0.15) is 0 Å². The maximum Gasteiger partial charge on any atom is 0.273 e. The molecule has 24 heavy (non-hydrogen) atoms. The van der Waals surface area contributed by atoms with Crippen LogP contribution in [0.3, 0.4) is 0 Å². The number of benzene rings is 1. The smallest absolute Gasteiger partial charge is 0.273 e. The van der Waals surface area contributed by atoms with Gasteiger partial charge >= 0.3 is 0 Å². The third kappa shape index (κ3) is 4.20. The van der Waals surface area contributed by atoms with Crippen LogP contribution in [0.25, 0.3) is 0 Å². The van der Waals surface area contributed by atoms with E-state index in [4.69, 9.17) is 0 Å². The number of carbonyl (C=O) groups excluding carboxylic acids is 1. The van der Waals surface area contributed by atoms with Gasteiger partial charge in [-0.15, -0.1) is 5.10 Å². The number of piperidine rings is 1. The fourth-order valence-electron chi connectivity index (χ4n) is 3.07. The molecule has 2 heterocycles. The summed E-state index contributed by atoms with van der Waals surface area (Å²) in [6.07, 6.45) is 4.72. The van der Waals surface area contributed by atoms with Crippen LogP contribution in [0, 0.1) is 0 Å². The average molecular weight is 327 g/mol. The van der Waals surface area contributed by atoms with Crippen molar-refractivity contribution in [3.8, 4) is 0 Å². The molecule has 0 saturated carbocycles. The highest BCUT2D eigenvalue weighted by molar-refractivity contribution is 5.91. The van der Waals surface area contributed by atoms with Gasteiger partial charge in [0.25, 0.3) is 5.91 Å². The Bertz CT molecular complexity index is 648. The second-order valence-electron chi connectivity index (χ2n) is 6.42. The Morgan fingerprint density at radius 2 is 2.08 bits per heavy atom. The Hall–Kier alpha value is -2.21. The number of hydrogen-bond acceptors (Lipinski definition) is 4. The maximum absolute atomic E-state index is 12.2. The van der Waals surface area contributed by atoms with Crippen molar-refractivity contribution in [1.82, 2.24) is 25.6 Å². The molecule has 2 N–H and O–H groups in total. The van der Waals surface area contributed by atoms with E-state index in [1.165, 1.54) is 5.56 Å². The third-order valence-electron chi connectivity index (χ3n) is 4.66. The first-order chi connectivity index (χ1) is 11.7. The lowest BCUT2D eigenvalue weighted by Crippen LogP contribution is -2.29. The quantitative estimate of drug-likeness (QED) is 0.852. The van der Waals surface area contributed by atoms with E-state index in [9.17, 15) is 4.79 Å². The van der Waals surface area contributed by atoms with Gasteiger partial charge in [0.05, 0.1) is 12.2 Å². The molecule has 6 heteroatoms. The van der Waals surface area contributed by atoms with Gasteiger partial charge in [-0.25, -0.2) is 4.68 Å². The predicted octanol–water partition coefficient (Wildman–Crippen LogP) is 2.13. The van der Waals surface area contributed by atoms with Crippen LogP contribution in [0.2, 0.25) is 0 Å². The van der Waals surface area contributed by atoms with Gasteiger partial charge in [-0.3, -0.25) is 4.79 Å². The standard InChI is InChI=1S/C18H25N5O/c1-14(15-5-3-2-4-6-15)7-12-20-18(24)17-13-23(22-21-17)16-8-10-19-11-9-16/h2-6,13-14,16,19H,7-12H2,1H3,(H,20,24). The van der Waals surface area contributed by atoms with Crippen LogP contribution < -0.4 is 10.6 Å². The lowest BCUT2D eigenvalue weighted by molar-refractivity contribution is 0.0947. The minimum absolute atomic E-state index is 0.143. The first-order valence-electron chi connectivity index (χ1n) is 8.69. The Balaban J connectivity index is 1.47. The zero-order valence-corrected chi connectivity index (χ0v) is 14.1. The molecular weight excluding hydrogens is 302 g/mol. The van der Waals surface area contributed by atoms with Crippen LogP contribution in [0.1, 0.15) is 54.2 Å². The lowest BCUT2D eigenvalue weighted by Gasteiger charge is -2.22. The lowest BCUT2D eigenvalue weighted by atomic mass is 9.98. The van der Waals surface area contributed by atoms with E-state index in [-0.39, 0.29) is 5.91 Å². The molecule has 128 valence electrons. The zero-order valence-electron chi connectivity index (χ0n) is 14.1. The van der Waals surface area contributed by atoms with Crippen LogP contribution in [-0.4, -0.2) is 40.5 Å². The third-order valence-corrected chi connectivity index (χ3v) is 4.66. The van der Waals surface area contributed by atoms with Crippen molar-refractivity contribution in [2.75, 3.05) is 19.6 Å². The monoisotopic (exact) mass is 327 g/mol. The van der Waals surface area contributed by atoms with Gasteiger partial charge in [0.15, 0.2) is 5.69 Å². The summed E-state index contributed by atoms with van der Waals surface area (Å²) in [5.41, 5.74) is 1.70. The molecule has 1 aromatic carbocycles. The van der Waals surface area contributed by atoms with E-state index in [1.807, 2.05) is 22.9 Å². The maximum atomic E-state index is 12.2. The number of nitrogens with one attached hydrogen (secondary N) is 2. The van der Waals surface area contributed by atoms with Crippen LogP contribution in [0.15, 0.2) is 36.5 Å². The minimum Gasteiger partial charge on any atom is -0.351 e. The summed E-state index contributed by atoms with van der Waals surface area (Å²) >= 11 is 0. The van der Waals surface area contributed by atoms with Crippen LogP contribution in [-0.2, 0) is 0 Å². The molecule has 0 radical (unpaired) electrons. The highest BCUT2D eigenvalue weighted by Crippen LogP contribution is 2.18. The first kappa shape index (κ1) is 16.6. The Morgan fingerprint density at radius 1 is 1.33 bits per heavy atom. The number of nitrogens with zero attached hydrogens (tertiary/aromatic N) is 3. The first-order valence-corrected chi connectivity index (χ1v) is 8.69. The molecule has 1 fully saturated rings. The summed E-state index contributed by atoms with van der Waals surface area (Å²) < 4.78 is 1.84. The van der Waals surface area contributed by atoms with Crippen LogP contribution in [0.4, 0.5) is 0 Å². The van der Waals surface area contributed by atoms with Crippen molar-refractivity contribution in [1.29, 1.82) is 0 Å². The molecule has 0 bridgehead atoms. The molecule has 2 aromatic rings. The van der Waals surface area contributed by atoms with E-state index in [0.717, 1.165) is 32.4 Å². The summed E-state index contributed by atoms with van der Waals surface area (Å²) in [6.45, 7) is 4.79. The molecule has 1 atom stereocenters. The molecule has 0 aliphatic carbocycles. The largest absolute Gasteiger partial charge is 0.351 e. The van der Waals surface area contributed by atoms with Gasteiger partial charge in [0.2, 0.25) is 0 Å². The number of amides is 1. The minimum atomic E-state index is -0.143. The molecule has 1 aliphatic heterocycles. The van der Waals surface area contributed by atoms with E-state index >= 15 is 0 Å². The summed E-state index contributed by atoms with van der Waals surface area (Å²) in [7, 11) is 0. The number of carbonyl (C=O) groups is 1. The fourth-order valence-corrected chi connectivity index (χ4v) is 3.07. The van der Waals surface area contributed by atoms with E-state index in [2.05, 4.69) is 40.0 Å². The van der Waals surface area contributed by atoms with Gasteiger partial charge < -0.3 is 10.6 Å². The van der Waals surface area contributed by atoms with Gasteiger partial charge in [0, 0.05) is 6.54 Å². The summed E-state index contributed by atoms with van der Waals surface area (Å²) in [5, 5.41) is 14.4. The normalized spacial score (nSPS) is 16.7. The zero-order chi connectivity index (χ0) is 16.8. The second kappa shape index (κ2) is 8.06. The molecule has 1 saturated heterocycles. The molecule has 3 rings (SSSR count). The Kier molecular flexibility index (Phi) is 5.59. The number of aromatic nitrogens is 3. The second-order valence-corrected chi connectivity index (χ2v) is 6.42. The number of rotatable bonds is 6. The van der Waals surface area contributed by atoms with Gasteiger partial charge in [-0.1, -0.05) is 42.5 Å². The molecule has 1 aliphatic rings. The van der Waals surface area contributed by atoms with Crippen molar-refractivity contribution < 1.29 is 4.79 Å².